The molecule has 0 fully saturated rings. The number of methoxy groups -OCH3 is 1. The number of hydrogen-bond donors (Lipinski definition) is 1. The van der Waals surface area contributed by atoms with Crippen LogP contribution in [0.3, 0.4) is 0 Å². The number of rotatable bonds is 4. The lowest BCUT2D eigenvalue weighted by Crippen LogP contribution is -2.31. The highest BCUT2D eigenvalue weighted by Gasteiger charge is 2.14. The summed E-state index contributed by atoms with van der Waals surface area (Å²) in [5.41, 5.74) is 2.35. The van der Waals surface area contributed by atoms with Crippen LogP contribution in [0.15, 0.2) is 35.1 Å². The number of nitrogens with one attached hydrogen (secondary N) is 1. The van der Waals surface area contributed by atoms with Gasteiger partial charge in [0.1, 0.15) is 12.3 Å². The molecule has 3 rings (SSSR count). The van der Waals surface area contributed by atoms with Gasteiger partial charge in [-0.25, -0.2) is 4.68 Å². The number of fused-ring (bicyclic) bond motifs is 1. The number of aromatic nitrogens is 2. The van der Waals surface area contributed by atoms with Gasteiger partial charge < -0.3 is 10.1 Å². The molecule has 1 aromatic heterocycles. The molecule has 1 N–H and O–H groups in total. The number of aryl methyl sites for hydroxylation is 2. The van der Waals surface area contributed by atoms with Crippen molar-refractivity contribution >= 4 is 11.6 Å². The van der Waals surface area contributed by atoms with Crippen LogP contribution in [-0.4, -0.2) is 22.8 Å². The van der Waals surface area contributed by atoms with Crippen molar-refractivity contribution in [2.24, 2.45) is 0 Å². The van der Waals surface area contributed by atoms with Gasteiger partial charge in [-0.3, -0.25) is 9.59 Å². The van der Waals surface area contributed by atoms with E-state index < -0.39 is 0 Å². The molecule has 23 heavy (non-hydrogen) atoms. The van der Waals surface area contributed by atoms with Gasteiger partial charge in [0.05, 0.1) is 12.8 Å². The van der Waals surface area contributed by atoms with E-state index in [0.717, 1.165) is 36.9 Å². The molecule has 120 valence electrons. The van der Waals surface area contributed by atoms with Crippen molar-refractivity contribution in [1.29, 1.82) is 0 Å². The van der Waals surface area contributed by atoms with E-state index in [2.05, 4.69) is 10.4 Å². The van der Waals surface area contributed by atoms with Crippen LogP contribution >= 0.6 is 0 Å². The van der Waals surface area contributed by atoms with Gasteiger partial charge in [-0.05, 0) is 43.4 Å². The predicted molar refractivity (Wildman–Crippen MR) is 86.8 cm³/mol. The molecule has 0 radical (unpaired) electrons. The highest BCUT2D eigenvalue weighted by Crippen LogP contribution is 2.18. The summed E-state index contributed by atoms with van der Waals surface area (Å²) in [5.74, 6) is 0.371. The number of ether oxygens (including phenoxy) is 1. The zero-order chi connectivity index (χ0) is 16.2. The third-order valence-electron chi connectivity index (χ3n) is 3.92. The normalized spacial score (nSPS) is 13.3. The molecule has 2 aromatic rings. The molecular weight excluding hydrogens is 294 g/mol. The van der Waals surface area contributed by atoms with Crippen LogP contribution in [0.5, 0.6) is 5.75 Å². The Morgan fingerprint density at radius 2 is 2.13 bits per heavy atom. The summed E-state index contributed by atoms with van der Waals surface area (Å²) in [5, 5.41) is 7.10. The standard InChI is InChI=1S/C17H19N3O3/c1-23-14-7-4-6-13(10-14)18-16(21)11-20-17(22)9-12-5-2-3-8-15(12)19-20/h4,6-7,9-10H,2-3,5,8,11H2,1H3,(H,18,21). The summed E-state index contributed by atoms with van der Waals surface area (Å²) in [4.78, 5) is 24.2. The van der Waals surface area contributed by atoms with Gasteiger partial charge in [0.15, 0.2) is 0 Å². The lowest BCUT2D eigenvalue weighted by atomic mass is 9.97. The third-order valence-corrected chi connectivity index (χ3v) is 3.92. The fraction of sp³-hybridized carbons (Fsp3) is 0.353. The highest BCUT2D eigenvalue weighted by atomic mass is 16.5. The van der Waals surface area contributed by atoms with Crippen LogP contribution in [0, 0.1) is 0 Å². The highest BCUT2D eigenvalue weighted by molar-refractivity contribution is 5.90. The Morgan fingerprint density at radius 1 is 1.30 bits per heavy atom. The average molecular weight is 313 g/mol. The van der Waals surface area contributed by atoms with Gasteiger partial charge in [0.25, 0.3) is 5.56 Å². The maximum Gasteiger partial charge on any atom is 0.267 e. The minimum absolute atomic E-state index is 0.0939. The number of amides is 1. The van der Waals surface area contributed by atoms with Crippen molar-refractivity contribution in [2.45, 2.75) is 32.2 Å². The zero-order valence-corrected chi connectivity index (χ0v) is 13.0. The number of nitrogens with zero attached hydrogens (tertiary/aromatic N) is 2. The van der Waals surface area contributed by atoms with E-state index in [0.29, 0.717) is 11.4 Å². The largest absolute Gasteiger partial charge is 0.497 e. The fourth-order valence-electron chi connectivity index (χ4n) is 2.75. The first-order valence-electron chi connectivity index (χ1n) is 7.69. The van der Waals surface area contributed by atoms with Gasteiger partial charge in [-0.2, -0.15) is 5.10 Å². The van der Waals surface area contributed by atoms with Crippen LogP contribution in [-0.2, 0) is 24.2 Å². The van der Waals surface area contributed by atoms with Crippen molar-refractivity contribution in [1.82, 2.24) is 9.78 Å². The Labute approximate surface area is 134 Å². The molecule has 0 aliphatic heterocycles. The summed E-state index contributed by atoms with van der Waals surface area (Å²) < 4.78 is 6.35. The molecule has 0 spiro atoms. The number of carbonyl (C=O) groups excluding carboxylic acids is 1. The molecular formula is C17H19N3O3. The smallest absolute Gasteiger partial charge is 0.267 e. The van der Waals surface area contributed by atoms with Crippen LogP contribution in [0.1, 0.15) is 24.1 Å². The number of carbonyl (C=O) groups is 1. The molecule has 1 aromatic carbocycles. The molecule has 0 bridgehead atoms. The van der Waals surface area contributed by atoms with E-state index >= 15 is 0 Å². The van der Waals surface area contributed by atoms with E-state index in [9.17, 15) is 9.59 Å². The van der Waals surface area contributed by atoms with E-state index in [1.807, 2.05) is 0 Å². The van der Waals surface area contributed by atoms with Crippen molar-refractivity contribution in [3.05, 3.63) is 51.9 Å². The lowest BCUT2D eigenvalue weighted by Gasteiger charge is -2.15. The van der Waals surface area contributed by atoms with Crippen LogP contribution in [0.25, 0.3) is 0 Å². The van der Waals surface area contributed by atoms with Crippen LogP contribution in [0.2, 0.25) is 0 Å². The molecule has 1 heterocycles. The second-order valence-electron chi connectivity index (χ2n) is 5.60. The molecule has 1 aliphatic carbocycles. The molecule has 0 saturated carbocycles. The second-order valence-corrected chi connectivity index (χ2v) is 5.60. The monoisotopic (exact) mass is 313 g/mol. The summed E-state index contributed by atoms with van der Waals surface area (Å²) in [6, 6.07) is 8.69. The van der Waals surface area contributed by atoms with Crippen LogP contribution in [0.4, 0.5) is 5.69 Å². The van der Waals surface area contributed by atoms with Crippen LogP contribution < -0.4 is 15.6 Å². The molecule has 0 saturated heterocycles. The predicted octanol–water partition coefficient (Wildman–Crippen LogP) is 1.77. The lowest BCUT2D eigenvalue weighted by molar-refractivity contribution is -0.117. The topological polar surface area (TPSA) is 73.2 Å². The maximum atomic E-state index is 12.2. The summed E-state index contributed by atoms with van der Waals surface area (Å²) in [6.45, 7) is -0.0939. The van der Waals surface area contributed by atoms with Crippen molar-refractivity contribution in [3.8, 4) is 5.75 Å². The quantitative estimate of drug-likeness (QED) is 0.933. The first-order valence-corrected chi connectivity index (χ1v) is 7.69. The fourth-order valence-corrected chi connectivity index (χ4v) is 2.75. The van der Waals surface area contributed by atoms with Gasteiger partial charge in [-0.15, -0.1) is 0 Å². The Morgan fingerprint density at radius 3 is 2.96 bits per heavy atom. The van der Waals surface area contributed by atoms with Crippen molar-refractivity contribution in [3.63, 3.8) is 0 Å². The van der Waals surface area contributed by atoms with E-state index in [1.165, 1.54) is 4.68 Å². The SMILES string of the molecule is COc1cccc(NC(=O)Cn2nc3c(cc2=O)CCCC3)c1. The molecule has 6 heteroatoms. The average Bonchev–Trinajstić information content (AvgIpc) is 2.55. The zero-order valence-electron chi connectivity index (χ0n) is 13.0. The number of benzene rings is 1. The number of hydrogen-bond acceptors (Lipinski definition) is 4. The van der Waals surface area contributed by atoms with Gasteiger partial charge in [-0.1, -0.05) is 6.07 Å². The Bertz CT molecular complexity index is 783. The van der Waals surface area contributed by atoms with E-state index in [-0.39, 0.29) is 18.0 Å². The van der Waals surface area contributed by atoms with E-state index in [4.69, 9.17) is 4.74 Å². The molecule has 6 nitrogen and oxygen atoms in total. The Balaban J connectivity index is 1.73. The van der Waals surface area contributed by atoms with Gasteiger partial charge >= 0.3 is 0 Å². The van der Waals surface area contributed by atoms with Gasteiger partial charge in [0.2, 0.25) is 5.91 Å². The second kappa shape index (κ2) is 6.64. The summed E-state index contributed by atoms with van der Waals surface area (Å²) in [6.07, 6.45) is 3.93. The minimum Gasteiger partial charge on any atom is -0.497 e. The van der Waals surface area contributed by atoms with E-state index in [1.54, 1.807) is 37.4 Å². The Hall–Kier alpha value is -2.63. The first kappa shape index (κ1) is 15.3. The Kier molecular flexibility index (Phi) is 4.41. The molecule has 1 amide bonds. The first-order chi connectivity index (χ1) is 11.2. The molecule has 0 unspecified atom stereocenters. The number of anilines is 1. The minimum atomic E-state index is -0.288. The summed E-state index contributed by atoms with van der Waals surface area (Å²) >= 11 is 0. The van der Waals surface area contributed by atoms with Gasteiger partial charge in [0, 0.05) is 17.8 Å². The molecule has 0 atom stereocenters. The van der Waals surface area contributed by atoms with Crippen molar-refractivity contribution in [2.75, 3.05) is 12.4 Å². The third kappa shape index (κ3) is 3.59. The molecule has 1 aliphatic rings. The van der Waals surface area contributed by atoms with Crippen molar-refractivity contribution < 1.29 is 9.53 Å². The summed E-state index contributed by atoms with van der Waals surface area (Å²) in [7, 11) is 1.57. The maximum absolute atomic E-state index is 12.2.